The first-order valence-corrected chi connectivity index (χ1v) is 5.46. The molecule has 1 aromatic heterocycles. The number of rotatable bonds is 4. The van der Waals surface area contributed by atoms with Crippen LogP contribution in [-0.4, -0.2) is 18.7 Å². The molecular formula is C9H13F3N2OS. The van der Waals surface area contributed by atoms with Crippen molar-refractivity contribution >= 4 is 11.3 Å². The lowest BCUT2D eigenvalue weighted by molar-refractivity contribution is -0.137. The average Bonchev–Trinajstić information content (AvgIpc) is 2.66. The first kappa shape index (κ1) is 13.4. The highest BCUT2D eigenvalue weighted by Crippen LogP contribution is 2.36. The summed E-state index contributed by atoms with van der Waals surface area (Å²) >= 11 is 0.570. The molecule has 1 unspecified atom stereocenters. The molecule has 0 bridgehead atoms. The smallest absolute Gasteiger partial charge is 0.382 e. The van der Waals surface area contributed by atoms with Crippen LogP contribution in [0.15, 0.2) is 6.20 Å². The van der Waals surface area contributed by atoms with Gasteiger partial charge in [0.05, 0.1) is 12.1 Å². The topological polar surface area (TPSA) is 48.1 Å². The summed E-state index contributed by atoms with van der Waals surface area (Å²) in [5.41, 5.74) is 5.07. The largest absolute Gasteiger partial charge is 0.443 e. The van der Waals surface area contributed by atoms with Gasteiger partial charge in [-0.15, -0.1) is 11.3 Å². The van der Waals surface area contributed by atoms with E-state index in [1.165, 1.54) is 13.3 Å². The molecule has 0 amide bonds. The van der Waals surface area contributed by atoms with E-state index in [1.807, 2.05) is 0 Å². The van der Waals surface area contributed by atoms with Gasteiger partial charge < -0.3 is 10.5 Å². The molecule has 1 rings (SSSR count). The van der Waals surface area contributed by atoms with Gasteiger partial charge in [-0.3, -0.25) is 0 Å². The van der Waals surface area contributed by atoms with Crippen LogP contribution >= 0.6 is 11.3 Å². The van der Waals surface area contributed by atoms with Gasteiger partial charge in [0.15, 0.2) is 5.01 Å². The molecule has 0 radical (unpaired) electrons. The van der Waals surface area contributed by atoms with E-state index in [0.29, 0.717) is 22.6 Å². The number of thiazole rings is 1. The average molecular weight is 254 g/mol. The van der Waals surface area contributed by atoms with Gasteiger partial charge in [0, 0.05) is 18.2 Å². The van der Waals surface area contributed by atoms with Crippen LogP contribution in [-0.2, 0) is 16.5 Å². The Bertz CT molecular complexity index is 353. The van der Waals surface area contributed by atoms with Crippen molar-refractivity contribution in [3.8, 4) is 0 Å². The van der Waals surface area contributed by atoms with Gasteiger partial charge in [-0.25, -0.2) is 4.98 Å². The Morgan fingerprint density at radius 2 is 2.12 bits per heavy atom. The second-order valence-electron chi connectivity index (χ2n) is 3.47. The quantitative estimate of drug-likeness (QED) is 0.897. The van der Waals surface area contributed by atoms with Crippen molar-refractivity contribution < 1.29 is 17.9 Å². The zero-order chi connectivity index (χ0) is 12.4. The summed E-state index contributed by atoms with van der Waals surface area (Å²) < 4.78 is 42.0. The van der Waals surface area contributed by atoms with Crippen LogP contribution in [0.3, 0.4) is 0 Å². The standard InChI is InChI=1S/C9H13F3N2OS/c1-3-8(13,5-15-2)6-4-14-7(16-6)9(10,11)12/h4H,3,5,13H2,1-2H3. The molecule has 7 heteroatoms. The Labute approximate surface area is 95.4 Å². The number of nitrogens with zero attached hydrogens (tertiary/aromatic N) is 1. The van der Waals surface area contributed by atoms with Crippen molar-refractivity contribution in [3.05, 3.63) is 16.1 Å². The molecule has 92 valence electrons. The molecule has 0 spiro atoms. The fourth-order valence-electron chi connectivity index (χ4n) is 1.24. The molecule has 0 aliphatic carbocycles. The third-order valence-corrected chi connectivity index (χ3v) is 3.53. The van der Waals surface area contributed by atoms with Crippen molar-refractivity contribution in [2.75, 3.05) is 13.7 Å². The Morgan fingerprint density at radius 1 is 1.50 bits per heavy atom. The van der Waals surface area contributed by atoms with Gasteiger partial charge >= 0.3 is 6.18 Å². The van der Waals surface area contributed by atoms with E-state index in [9.17, 15) is 13.2 Å². The number of hydrogen-bond acceptors (Lipinski definition) is 4. The molecule has 0 aliphatic heterocycles. The SMILES string of the molecule is CCC(N)(COC)c1cnc(C(F)(F)F)s1. The molecule has 0 fully saturated rings. The van der Waals surface area contributed by atoms with Crippen LogP contribution in [0.5, 0.6) is 0 Å². The van der Waals surface area contributed by atoms with Crippen LogP contribution in [0.2, 0.25) is 0 Å². The molecule has 0 saturated heterocycles. The molecule has 16 heavy (non-hydrogen) atoms. The number of halogens is 3. The predicted molar refractivity (Wildman–Crippen MR) is 55.1 cm³/mol. The van der Waals surface area contributed by atoms with Crippen molar-refractivity contribution in [3.63, 3.8) is 0 Å². The van der Waals surface area contributed by atoms with Gasteiger partial charge in [0.1, 0.15) is 0 Å². The molecule has 1 aromatic rings. The zero-order valence-electron chi connectivity index (χ0n) is 8.97. The number of aromatic nitrogens is 1. The summed E-state index contributed by atoms with van der Waals surface area (Å²) in [6.07, 6.45) is -2.75. The Hall–Kier alpha value is -0.660. The van der Waals surface area contributed by atoms with Crippen LogP contribution in [0.1, 0.15) is 23.2 Å². The minimum absolute atomic E-state index is 0.170. The number of alkyl halides is 3. The first-order chi connectivity index (χ1) is 7.33. The summed E-state index contributed by atoms with van der Waals surface area (Å²) in [6, 6.07) is 0. The van der Waals surface area contributed by atoms with E-state index in [1.54, 1.807) is 6.92 Å². The van der Waals surface area contributed by atoms with Gasteiger partial charge in [0.25, 0.3) is 0 Å². The Balaban J connectivity index is 3.00. The number of nitrogens with two attached hydrogens (primary N) is 1. The molecule has 1 atom stereocenters. The maximum Gasteiger partial charge on any atom is 0.443 e. The van der Waals surface area contributed by atoms with E-state index in [2.05, 4.69) is 4.98 Å². The lowest BCUT2D eigenvalue weighted by Gasteiger charge is -2.25. The van der Waals surface area contributed by atoms with Crippen molar-refractivity contribution in [2.45, 2.75) is 25.1 Å². The summed E-state index contributed by atoms with van der Waals surface area (Å²) in [5.74, 6) is 0. The maximum absolute atomic E-state index is 12.4. The fourth-order valence-corrected chi connectivity index (χ4v) is 2.18. The van der Waals surface area contributed by atoms with Gasteiger partial charge in [-0.1, -0.05) is 6.92 Å². The highest BCUT2D eigenvalue weighted by atomic mass is 32.1. The third-order valence-electron chi connectivity index (χ3n) is 2.27. The predicted octanol–water partition coefficient (Wildman–Crippen LogP) is 2.37. The lowest BCUT2D eigenvalue weighted by Crippen LogP contribution is -2.39. The van der Waals surface area contributed by atoms with Crippen molar-refractivity contribution in [1.82, 2.24) is 4.98 Å². The zero-order valence-corrected chi connectivity index (χ0v) is 9.78. The number of hydrogen-bond donors (Lipinski definition) is 1. The molecule has 2 N–H and O–H groups in total. The second-order valence-corrected chi connectivity index (χ2v) is 4.50. The van der Waals surface area contributed by atoms with E-state index in [0.717, 1.165) is 0 Å². The Kier molecular flexibility index (Phi) is 3.92. The minimum atomic E-state index is -4.41. The van der Waals surface area contributed by atoms with Crippen LogP contribution in [0, 0.1) is 0 Å². The van der Waals surface area contributed by atoms with E-state index in [4.69, 9.17) is 10.5 Å². The van der Waals surface area contributed by atoms with Gasteiger partial charge in [0.2, 0.25) is 0 Å². The Morgan fingerprint density at radius 3 is 2.50 bits per heavy atom. The summed E-state index contributed by atoms with van der Waals surface area (Å²) in [6.45, 7) is 1.97. The third kappa shape index (κ3) is 2.72. The van der Waals surface area contributed by atoms with Crippen LogP contribution in [0.25, 0.3) is 0 Å². The first-order valence-electron chi connectivity index (χ1n) is 4.65. The second kappa shape index (κ2) is 4.68. The summed E-state index contributed by atoms with van der Waals surface area (Å²) in [4.78, 5) is 3.73. The van der Waals surface area contributed by atoms with Crippen molar-refractivity contribution in [2.24, 2.45) is 5.73 Å². The normalized spacial score (nSPS) is 16.1. The van der Waals surface area contributed by atoms with Gasteiger partial charge in [-0.2, -0.15) is 13.2 Å². The van der Waals surface area contributed by atoms with E-state index in [-0.39, 0.29) is 6.61 Å². The molecule has 0 saturated carbocycles. The summed E-state index contributed by atoms with van der Waals surface area (Å²) in [7, 11) is 1.46. The molecule has 3 nitrogen and oxygen atoms in total. The van der Waals surface area contributed by atoms with E-state index >= 15 is 0 Å². The van der Waals surface area contributed by atoms with Crippen LogP contribution in [0.4, 0.5) is 13.2 Å². The van der Waals surface area contributed by atoms with Crippen LogP contribution < -0.4 is 5.73 Å². The molecule has 0 aromatic carbocycles. The van der Waals surface area contributed by atoms with Gasteiger partial charge in [-0.05, 0) is 6.42 Å². The monoisotopic (exact) mass is 254 g/mol. The number of methoxy groups -OCH3 is 1. The molecule has 0 aliphatic rings. The number of ether oxygens (including phenoxy) is 1. The highest BCUT2D eigenvalue weighted by Gasteiger charge is 2.37. The highest BCUT2D eigenvalue weighted by molar-refractivity contribution is 7.11. The minimum Gasteiger partial charge on any atom is -0.382 e. The van der Waals surface area contributed by atoms with Crippen molar-refractivity contribution in [1.29, 1.82) is 0 Å². The fraction of sp³-hybridized carbons (Fsp3) is 0.667. The maximum atomic E-state index is 12.4. The lowest BCUT2D eigenvalue weighted by atomic mass is 9.97. The van der Waals surface area contributed by atoms with E-state index < -0.39 is 16.7 Å². The molecule has 1 heterocycles. The summed E-state index contributed by atoms with van der Waals surface area (Å²) in [5, 5.41) is -0.873. The molecular weight excluding hydrogens is 241 g/mol.